The van der Waals surface area contributed by atoms with E-state index in [-0.39, 0.29) is 0 Å². The van der Waals surface area contributed by atoms with Crippen LogP contribution in [0.1, 0.15) is 39.5 Å². The quantitative estimate of drug-likeness (QED) is 0.838. The highest BCUT2D eigenvalue weighted by molar-refractivity contribution is 5.81. The molecule has 1 unspecified atom stereocenters. The van der Waals surface area contributed by atoms with E-state index in [9.17, 15) is 0 Å². The third kappa shape index (κ3) is 2.35. The van der Waals surface area contributed by atoms with Gasteiger partial charge in [-0.2, -0.15) is 5.10 Å². The molecule has 0 radical (unpaired) electrons. The first kappa shape index (κ1) is 11.6. The van der Waals surface area contributed by atoms with Crippen LogP contribution in [-0.2, 0) is 0 Å². The number of nitrogens with one attached hydrogen (secondary N) is 2. The molecule has 18 heavy (non-hydrogen) atoms. The van der Waals surface area contributed by atoms with E-state index < -0.39 is 0 Å². The van der Waals surface area contributed by atoms with Gasteiger partial charge in [0.1, 0.15) is 0 Å². The minimum absolute atomic E-state index is 0.482. The average molecular weight is 243 g/mol. The van der Waals surface area contributed by atoms with Crippen LogP contribution in [0.3, 0.4) is 0 Å². The second kappa shape index (κ2) is 4.30. The second-order valence-electron chi connectivity index (χ2n) is 6.27. The summed E-state index contributed by atoms with van der Waals surface area (Å²) in [6.07, 6.45) is 7.11. The second-order valence-corrected chi connectivity index (χ2v) is 6.27. The number of hydrogen-bond donors (Lipinski definition) is 2. The summed E-state index contributed by atoms with van der Waals surface area (Å²) in [7, 11) is 0. The van der Waals surface area contributed by atoms with Crippen molar-refractivity contribution in [2.75, 3.05) is 5.32 Å². The fourth-order valence-electron chi connectivity index (χ4n) is 3.09. The summed E-state index contributed by atoms with van der Waals surface area (Å²) in [6, 6.07) is 7.03. The molecule has 0 bridgehead atoms. The van der Waals surface area contributed by atoms with Gasteiger partial charge in [0.2, 0.25) is 0 Å². The molecule has 1 heterocycles. The predicted octanol–water partition coefficient (Wildman–Crippen LogP) is 3.94. The molecule has 0 spiro atoms. The van der Waals surface area contributed by atoms with Crippen molar-refractivity contribution in [3.63, 3.8) is 0 Å². The van der Waals surface area contributed by atoms with E-state index in [1.807, 2.05) is 6.20 Å². The Balaban J connectivity index is 1.75. The zero-order valence-electron chi connectivity index (χ0n) is 11.2. The van der Waals surface area contributed by atoms with Crippen molar-refractivity contribution in [2.24, 2.45) is 5.41 Å². The van der Waals surface area contributed by atoms with E-state index >= 15 is 0 Å². The molecule has 2 aromatic rings. The summed E-state index contributed by atoms with van der Waals surface area (Å²) in [6.45, 7) is 4.75. The van der Waals surface area contributed by atoms with Crippen molar-refractivity contribution in [3.05, 3.63) is 24.4 Å². The summed E-state index contributed by atoms with van der Waals surface area (Å²) < 4.78 is 0. The van der Waals surface area contributed by atoms with E-state index in [0.29, 0.717) is 11.5 Å². The van der Waals surface area contributed by atoms with E-state index in [0.717, 1.165) is 5.52 Å². The molecule has 0 saturated heterocycles. The fraction of sp³-hybridized carbons (Fsp3) is 0.533. The van der Waals surface area contributed by atoms with Crippen molar-refractivity contribution >= 4 is 16.6 Å². The summed E-state index contributed by atoms with van der Waals surface area (Å²) in [5.74, 6) is 0. The maximum absolute atomic E-state index is 4.06. The number of anilines is 1. The lowest BCUT2D eigenvalue weighted by Gasteiger charge is -2.36. The molecule has 1 aromatic carbocycles. The Kier molecular flexibility index (Phi) is 2.77. The summed E-state index contributed by atoms with van der Waals surface area (Å²) >= 11 is 0. The maximum atomic E-state index is 4.06. The first-order chi connectivity index (χ1) is 8.62. The predicted molar refractivity (Wildman–Crippen MR) is 75.8 cm³/mol. The van der Waals surface area contributed by atoms with Crippen molar-refractivity contribution in [1.29, 1.82) is 0 Å². The van der Waals surface area contributed by atoms with E-state index in [1.165, 1.54) is 36.8 Å². The highest BCUT2D eigenvalue weighted by atomic mass is 15.1. The van der Waals surface area contributed by atoms with Gasteiger partial charge in [0.05, 0.1) is 11.7 Å². The number of aromatic nitrogens is 2. The van der Waals surface area contributed by atoms with Gasteiger partial charge in [-0.3, -0.25) is 5.10 Å². The first-order valence-electron chi connectivity index (χ1n) is 6.82. The molecule has 3 heteroatoms. The molecular formula is C15H21N3. The molecule has 1 aromatic heterocycles. The van der Waals surface area contributed by atoms with Gasteiger partial charge in [-0.25, -0.2) is 0 Å². The monoisotopic (exact) mass is 243 g/mol. The average Bonchev–Trinajstić information content (AvgIpc) is 2.74. The lowest BCUT2D eigenvalue weighted by Crippen LogP contribution is -2.31. The molecule has 3 nitrogen and oxygen atoms in total. The third-order valence-corrected chi connectivity index (χ3v) is 4.02. The van der Waals surface area contributed by atoms with Crippen LogP contribution >= 0.6 is 0 Å². The van der Waals surface area contributed by atoms with Gasteiger partial charge in [-0.15, -0.1) is 0 Å². The largest absolute Gasteiger partial charge is 0.382 e. The number of aromatic amines is 1. The molecule has 1 aliphatic carbocycles. The van der Waals surface area contributed by atoms with Gasteiger partial charge in [-0.1, -0.05) is 20.3 Å². The Morgan fingerprint density at radius 1 is 1.39 bits per heavy atom. The fourth-order valence-corrected chi connectivity index (χ4v) is 3.09. The molecule has 0 aliphatic heterocycles. The van der Waals surface area contributed by atoms with Crippen molar-refractivity contribution in [1.82, 2.24) is 10.2 Å². The molecule has 3 rings (SSSR count). The van der Waals surface area contributed by atoms with Gasteiger partial charge in [0.15, 0.2) is 0 Å². The highest BCUT2D eigenvalue weighted by Gasteiger charge is 2.27. The van der Waals surface area contributed by atoms with Gasteiger partial charge in [0.25, 0.3) is 0 Å². The van der Waals surface area contributed by atoms with E-state index in [1.54, 1.807) is 0 Å². The normalized spacial score (nSPS) is 23.1. The van der Waals surface area contributed by atoms with Crippen LogP contribution in [0.2, 0.25) is 0 Å². The summed E-state index contributed by atoms with van der Waals surface area (Å²) in [5.41, 5.74) is 2.80. The van der Waals surface area contributed by atoms with E-state index in [2.05, 4.69) is 47.6 Å². The minimum Gasteiger partial charge on any atom is -0.382 e. The standard InChI is InChI=1S/C15H21N3/c1-15(2)7-3-4-13(9-15)17-12-5-6-14-11(8-12)10-16-18-14/h5-6,8,10,13,17H,3-4,7,9H2,1-2H3,(H,16,18). The summed E-state index contributed by atoms with van der Waals surface area (Å²) in [4.78, 5) is 0. The SMILES string of the molecule is CC1(C)CCCC(Nc2ccc3[nH]ncc3c2)C1. The smallest absolute Gasteiger partial charge is 0.0651 e. The van der Waals surface area contributed by atoms with Crippen LogP contribution in [-0.4, -0.2) is 16.2 Å². The number of fused-ring (bicyclic) bond motifs is 1. The number of nitrogens with zero attached hydrogens (tertiary/aromatic N) is 1. The van der Waals surface area contributed by atoms with Crippen LogP contribution in [0.4, 0.5) is 5.69 Å². The number of H-pyrrole nitrogens is 1. The Hall–Kier alpha value is -1.51. The van der Waals surface area contributed by atoms with Crippen LogP contribution in [0.15, 0.2) is 24.4 Å². The lowest BCUT2D eigenvalue weighted by atomic mass is 9.75. The Bertz CT molecular complexity index is 541. The van der Waals surface area contributed by atoms with Crippen LogP contribution in [0.25, 0.3) is 10.9 Å². The minimum atomic E-state index is 0.482. The summed E-state index contributed by atoms with van der Waals surface area (Å²) in [5, 5.41) is 11.9. The molecule has 0 amide bonds. The molecular weight excluding hydrogens is 222 g/mol. The van der Waals surface area contributed by atoms with Crippen molar-refractivity contribution in [2.45, 2.75) is 45.6 Å². The molecule has 1 saturated carbocycles. The van der Waals surface area contributed by atoms with Crippen LogP contribution in [0, 0.1) is 5.41 Å². The third-order valence-electron chi connectivity index (χ3n) is 4.02. The molecule has 2 N–H and O–H groups in total. The van der Waals surface area contributed by atoms with Gasteiger partial charge in [0, 0.05) is 17.1 Å². The Labute approximate surface area is 108 Å². The molecule has 1 aliphatic rings. The van der Waals surface area contributed by atoms with Gasteiger partial charge in [-0.05, 0) is 42.9 Å². The first-order valence-corrected chi connectivity index (χ1v) is 6.82. The van der Waals surface area contributed by atoms with Crippen LogP contribution < -0.4 is 5.32 Å². The van der Waals surface area contributed by atoms with Crippen molar-refractivity contribution in [3.8, 4) is 0 Å². The zero-order valence-corrected chi connectivity index (χ0v) is 11.2. The van der Waals surface area contributed by atoms with Gasteiger partial charge < -0.3 is 5.32 Å². The number of rotatable bonds is 2. The van der Waals surface area contributed by atoms with Gasteiger partial charge >= 0.3 is 0 Å². The highest BCUT2D eigenvalue weighted by Crippen LogP contribution is 2.36. The number of hydrogen-bond acceptors (Lipinski definition) is 2. The van der Waals surface area contributed by atoms with Crippen LogP contribution in [0.5, 0.6) is 0 Å². The number of benzene rings is 1. The molecule has 96 valence electrons. The maximum Gasteiger partial charge on any atom is 0.0651 e. The molecule has 1 atom stereocenters. The zero-order chi connectivity index (χ0) is 12.6. The Morgan fingerprint density at radius 3 is 3.11 bits per heavy atom. The van der Waals surface area contributed by atoms with E-state index in [4.69, 9.17) is 0 Å². The van der Waals surface area contributed by atoms with Crippen molar-refractivity contribution < 1.29 is 0 Å². The molecule has 1 fully saturated rings. The lowest BCUT2D eigenvalue weighted by molar-refractivity contribution is 0.229. The topological polar surface area (TPSA) is 40.7 Å². The Morgan fingerprint density at radius 2 is 2.28 bits per heavy atom.